The Morgan fingerprint density at radius 3 is 1.58 bits per heavy atom. The van der Waals surface area contributed by atoms with E-state index in [-0.39, 0.29) is 13.1 Å². The summed E-state index contributed by atoms with van der Waals surface area (Å²) in [5, 5.41) is 12.1. The molecule has 0 aliphatic carbocycles. The van der Waals surface area contributed by atoms with Gasteiger partial charge in [-0.25, -0.2) is 9.59 Å². The van der Waals surface area contributed by atoms with Gasteiger partial charge in [-0.1, -0.05) is 33.5 Å². The molecule has 2 aliphatic heterocycles. The summed E-state index contributed by atoms with van der Waals surface area (Å²) in [5.74, 6) is -0.941. The van der Waals surface area contributed by atoms with E-state index in [1.807, 2.05) is 38.0 Å². The van der Waals surface area contributed by atoms with Crippen molar-refractivity contribution in [3.8, 4) is 0 Å². The molecule has 12 nitrogen and oxygen atoms in total. The SMILES string of the molecule is CN(C)Cc1cc(C2=C(Cl)CCN(OC(=O)C(=O)ON3CCC(Cl)=C(c4cc(CN(C)C)on4)C3)C2)no1. The number of nitrogens with zero attached hydrogens (tertiary/aromatic N) is 6. The number of aromatic nitrogens is 2. The lowest BCUT2D eigenvalue weighted by molar-refractivity contribution is -0.215. The maximum atomic E-state index is 12.5. The first-order valence-corrected chi connectivity index (χ1v) is 12.7. The van der Waals surface area contributed by atoms with Crippen LogP contribution in [0.2, 0.25) is 0 Å². The third kappa shape index (κ3) is 7.22. The van der Waals surface area contributed by atoms with E-state index in [9.17, 15) is 9.59 Å². The molecule has 0 N–H and O–H groups in total. The van der Waals surface area contributed by atoms with Gasteiger partial charge in [0.15, 0.2) is 11.5 Å². The number of carbonyl (C=O) groups is 2. The smallest absolute Gasteiger partial charge is 0.359 e. The molecule has 0 unspecified atom stereocenters. The molecule has 206 valence electrons. The van der Waals surface area contributed by atoms with Crippen LogP contribution >= 0.6 is 23.2 Å². The second kappa shape index (κ2) is 12.4. The third-order valence-electron chi connectivity index (χ3n) is 5.76. The minimum Gasteiger partial charge on any atom is -0.359 e. The van der Waals surface area contributed by atoms with Crippen molar-refractivity contribution in [3.63, 3.8) is 0 Å². The van der Waals surface area contributed by atoms with Crippen molar-refractivity contribution in [1.29, 1.82) is 0 Å². The molecule has 0 saturated heterocycles. The molecule has 4 rings (SSSR count). The summed E-state index contributed by atoms with van der Waals surface area (Å²) in [5.41, 5.74) is 2.44. The van der Waals surface area contributed by atoms with Crippen LogP contribution in [0.1, 0.15) is 35.7 Å². The van der Waals surface area contributed by atoms with Gasteiger partial charge in [-0.2, -0.15) is 0 Å². The molecule has 0 saturated carbocycles. The van der Waals surface area contributed by atoms with E-state index < -0.39 is 11.9 Å². The van der Waals surface area contributed by atoms with E-state index in [4.69, 9.17) is 41.9 Å². The van der Waals surface area contributed by atoms with Gasteiger partial charge in [-0.3, -0.25) is 0 Å². The number of hydroxylamine groups is 4. The average molecular weight is 569 g/mol. The zero-order chi connectivity index (χ0) is 27.4. The van der Waals surface area contributed by atoms with Crippen molar-refractivity contribution in [2.75, 3.05) is 54.4 Å². The molecular formula is C24H30Cl2N6O6. The number of halogens is 2. The molecule has 0 aromatic carbocycles. The normalized spacial score (nSPS) is 17.6. The number of rotatable bonds is 8. The maximum absolute atomic E-state index is 12.5. The topological polar surface area (TPSA) is 118 Å². The van der Waals surface area contributed by atoms with Crippen LogP contribution in [0.4, 0.5) is 0 Å². The van der Waals surface area contributed by atoms with Crippen LogP contribution in [-0.4, -0.2) is 96.5 Å². The monoisotopic (exact) mass is 568 g/mol. The van der Waals surface area contributed by atoms with E-state index in [1.165, 1.54) is 10.1 Å². The van der Waals surface area contributed by atoms with Crippen LogP contribution in [0.25, 0.3) is 11.1 Å². The Labute approximate surface area is 230 Å². The molecule has 4 heterocycles. The van der Waals surface area contributed by atoms with Gasteiger partial charge in [0, 0.05) is 46.4 Å². The highest BCUT2D eigenvalue weighted by atomic mass is 35.5. The summed E-state index contributed by atoms with van der Waals surface area (Å²) in [4.78, 5) is 39.6. The Balaban J connectivity index is 1.32. The Morgan fingerprint density at radius 2 is 1.21 bits per heavy atom. The van der Waals surface area contributed by atoms with Gasteiger partial charge in [-0.05, 0) is 41.0 Å². The summed E-state index contributed by atoms with van der Waals surface area (Å²) in [6.07, 6.45) is 0.836. The van der Waals surface area contributed by atoms with Gasteiger partial charge >= 0.3 is 11.9 Å². The predicted octanol–water partition coefficient (Wildman–Crippen LogP) is 2.71. The van der Waals surface area contributed by atoms with Crippen LogP contribution < -0.4 is 0 Å². The second-order valence-electron chi connectivity index (χ2n) is 9.58. The van der Waals surface area contributed by atoms with E-state index >= 15 is 0 Å². The predicted molar refractivity (Wildman–Crippen MR) is 138 cm³/mol. The Morgan fingerprint density at radius 1 is 0.816 bits per heavy atom. The van der Waals surface area contributed by atoms with E-state index in [0.29, 0.717) is 83.1 Å². The standard InChI is InChI=1S/C24H30Cl2N6O6/c1-29(2)11-15-9-21(27-35-15)17-13-31(7-5-19(17)25)37-23(33)24(34)38-32-8-6-20(26)18(14-32)22-10-16(36-28-22)12-30(3)4/h9-10H,5-8,11-14H2,1-4H3. The van der Waals surface area contributed by atoms with Crippen LogP contribution in [0.15, 0.2) is 31.2 Å². The van der Waals surface area contributed by atoms with Gasteiger partial charge in [0.05, 0.1) is 26.2 Å². The van der Waals surface area contributed by atoms with Gasteiger partial charge in [0.1, 0.15) is 11.4 Å². The highest BCUT2D eigenvalue weighted by Crippen LogP contribution is 2.31. The van der Waals surface area contributed by atoms with E-state index in [1.54, 1.807) is 12.1 Å². The van der Waals surface area contributed by atoms with Gasteiger partial charge in [0.25, 0.3) is 0 Å². The van der Waals surface area contributed by atoms with Crippen molar-refractivity contribution >= 4 is 46.3 Å². The maximum Gasteiger partial charge on any atom is 0.438 e. The lowest BCUT2D eigenvalue weighted by Gasteiger charge is -2.28. The molecule has 0 fully saturated rings. The minimum atomic E-state index is -1.15. The van der Waals surface area contributed by atoms with Crippen LogP contribution in [0.5, 0.6) is 0 Å². The Hall–Kier alpha value is -2.74. The molecule has 38 heavy (non-hydrogen) atoms. The van der Waals surface area contributed by atoms with E-state index in [2.05, 4.69) is 10.3 Å². The molecule has 0 amide bonds. The fourth-order valence-electron chi connectivity index (χ4n) is 4.02. The minimum absolute atomic E-state index is 0.152. The largest absolute Gasteiger partial charge is 0.438 e. The zero-order valence-corrected chi connectivity index (χ0v) is 23.2. The molecule has 0 bridgehead atoms. The van der Waals surface area contributed by atoms with Crippen molar-refractivity contribution in [2.24, 2.45) is 0 Å². The fraction of sp³-hybridized carbons (Fsp3) is 0.500. The summed E-state index contributed by atoms with van der Waals surface area (Å²) in [7, 11) is 7.67. The lowest BCUT2D eigenvalue weighted by Crippen LogP contribution is -2.40. The molecular weight excluding hydrogens is 539 g/mol. The second-order valence-corrected chi connectivity index (χ2v) is 10.5. The average Bonchev–Trinajstić information content (AvgIpc) is 3.50. The molecule has 0 spiro atoms. The van der Waals surface area contributed by atoms with Crippen molar-refractivity contribution < 1.29 is 28.3 Å². The van der Waals surface area contributed by atoms with Crippen molar-refractivity contribution in [2.45, 2.75) is 25.9 Å². The number of hydrogen-bond donors (Lipinski definition) is 0. The Bertz CT molecular complexity index is 1140. The first kappa shape index (κ1) is 28.3. The highest BCUT2D eigenvalue weighted by molar-refractivity contribution is 6.33. The van der Waals surface area contributed by atoms with Crippen molar-refractivity contribution in [1.82, 2.24) is 30.2 Å². The summed E-state index contributed by atoms with van der Waals surface area (Å²) in [6, 6.07) is 3.59. The third-order valence-corrected chi connectivity index (χ3v) is 6.59. The molecule has 2 aromatic rings. The molecule has 0 atom stereocenters. The van der Waals surface area contributed by atoms with Crippen LogP contribution in [0, 0.1) is 0 Å². The molecule has 0 radical (unpaired) electrons. The lowest BCUT2D eigenvalue weighted by atomic mass is 10.1. The first-order valence-electron chi connectivity index (χ1n) is 12.0. The molecule has 14 heteroatoms. The van der Waals surface area contributed by atoms with Crippen LogP contribution in [0.3, 0.4) is 0 Å². The summed E-state index contributed by atoms with van der Waals surface area (Å²) in [6.45, 7) is 2.09. The Kier molecular flexibility index (Phi) is 9.23. The van der Waals surface area contributed by atoms with Crippen molar-refractivity contribution in [3.05, 3.63) is 45.1 Å². The quantitative estimate of drug-likeness (QED) is 0.435. The number of carbonyl (C=O) groups excluding carboxylic acids is 2. The summed E-state index contributed by atoms with van der Waals surface area (Å²) < 4.78 is 10.7. The van der Waals surface area contributed by atoms with Gasteiger partial charge < -0.3 is 28.5 Å². The summed E-state index contributed by atoms with van der Waals surface area (Å²) >= 11 is 12.8. The highest BCUT2D eigenvalue weighted by Gasteiger charge is 2.31. The first-order chi connectivity index (χ1) is 18.1. The molecule has 2 aromatic heterocycles. The number of hydrogen-bond acceptors (Lipinski definition) is 12. The van der Waals surface area contributed by atoms with E-state index in [0.717, 1.165) is 0 Å². The van der Waals surface area contributed by atoms with Crippen LogP contribution in [-0.2, 0) is 32.4 Å². The molecule has 2 aliphatic rings. The van der Waals surface area contributed by atoms with Gasteiger partial charge in [0.2, 0.25) is 0 Å². The van der Waals surface area contributed by atoms with Gasteiger partial charge in [-0.15, -0.1) is 10.1 Å². The fourth-order valence-corrected chi connectivity index (χ4v) is 4.50. The zero-order valence-electron chi connectivity index (χ0n) is 21.7.